The van der Waals surface area contributed by atoms with E-state index in [2.05, 4.69) is 20.6 Å². The van der Waals surface area contributed by atoms with Crippen LogP contribution in [0.4, 0.5) is 40.7 Å². The number of rotatable bonds is 5. The molecule has 0 amide bonds. The van der Waals surface area contributed by atoms with Gasteiger partial charge in [-0.3, -0.25) is 0 Å². The summed E-state index contributed by atoms with van der Waals surface area (Å²) in [6.07, 6.45) is -3.97. The molecule has 0 radical (unpaired) electrons. The summed E-state index contributed by atoms with van der Waals surface area (Å²) in [7, 11) is 1.52. The molecule has 0 aliphatic carbocycles. The highest BCUT2D eigenvalue weighted by atomic mass is 19.4. The Morgan fingerprint density at radius 2 is 1.48 bits per heavy atom. The predicted molar refractivity (Wildman–Crippen MR) is 93.0 cm³/mol. The fourth-order valence-electron chi connectivity index (χ4n) is 2.22. The van der Waals surface area contributed by atoms with Crippen molar-refractivity contribution in [2.45, 2.75) is 6.18 Å². The standard InChI is InChI=1S/C18H14F4N4O/c1-27-14-8-6-13(7-9-14)25-17-23-10-15(18(20,21)22)16(26-17)24-12-4-2-11(19)3-5-12/h2-10H,1H3,(H2,23,24,25,26). The van der Waals surface area contributed by atoms with Crippen LogP contribution in [0.5, 0.6) is 5.75 Å². The Balaban J connectivity index is 1.90. The molecule has 1 aromatic heterocycles. The average Bonchev–Trinajstić information content (AvgIpc) is 2.63. The number of anilines is 4. The van der Waals surface area contributed by atoms with Crippen LogP contribution in [-0.4, -0.2) is 17.1 Å². The topological polar surface area (TPSA) is 59.1 Å². The van der Waals surface area contributed by atoms with E-state index in [1.807, 2.05) is 0 Å². The number of nitrogens with zero attached hydrogens (tertiary/aromatic N) is 2. The number of aromatic nitrogens is 2. The van der Waals surface area contributed by atoms with Crippen molar-refractivity contribution in [3.05, 3.63) is 66.1 Å². The highest BCUT2D eigenvalue weighted by Gasteiger charge is 2.35. The lowest BCUT2D eigenvalue weighted by molar-refractivity contribution is -0.137. The van der Waals surface area contributed by atoms with Gasteiger partial charge < -0.3 is 15.4 Å². The minimum absolute atomic E-state index is 0.0298. The van der Waals surface area contributed by atoms with E-state index < -0.39 is 23.4 Å². The second-order valence-corrected chi connectivity index (χ2v) is 5.44. The largest absolute Gasteiger partial charge is 0.497 e. The molecule has 27 heavy (non-hydrogen) atoms. The van der Waals surface area contributed by atoms with Gasteiger partial charge in [-0.15, -0.1) is 0 Å². The van der Waals surface area contributed by atoms with Crippen LogP contribution < -0.4 is 15.4 Å². The molecule has 0 spiro atoms. The molecular weight excluding hydrogens is 364 g/mol. The van der Waals surface area contributed by atoms with Crippen molar-refractivity contribution in [3.63, 3.8) is 0 Å². The van der Waals surface area contributed by atoms with Gasteiger partial charge in [0, 0.05) is 17.6 Å². The summed E-state index contributed by atoms with van der Waals surface area (Å²) in [5.41, 5.74) is -0.202. The van der Waals surface area contributed by atoms with Crippen LogP contribution in [0.3, 0.4) is 0 Å². The summed E-state index contributed by atoms with van der Waals surface area (Å²) in [4.78, 5) is 7.64. The Hall–Kier alpha value is -3.36. The lowest BCUT2D eigenvalue weighted by atomic mass is 10.2. The number of halogens is 4. The third-order valence-electron chi connectivity index (χ3n) is 3.55. The van der Waals surface area contributed by atoms with Gasteiger partial charge in [0.25, 0.3) is 0 Å². The summed E-state index contributed by atoms with van der Waals surface area (Å²) in [5.74, 6) is -0.341. The monoisotopic (exact) mass is 378 g/mol. The molecule has 140 valence electrons. The maximum Gasteiger partial charge on any atom is 0.421 e. The molecule has 0 atom stereocenters. The van der Waals surface area contributed by atoms with Crippen LogP contribution in [0.25, 0.3) is 0 Å². The van der Waals surface area contributed by atoms with Crippen molar-refractivity contribution in [1.29, 1.82) is 0 Å². The quantitative estimate of drug-likeness (QED) is 0.603. The van der Waals surface area contributed by atoms with E-state index in [0.717, 1.165) is 12.1 Å². The summed E-state index contributed by atoms with van der Waals surface area (Å²) in [6.45, 7) is 0. The molecule has 3 rings (SSSR count). The lowest BCUT2D eigenvalue weighted by Gasteiger charge is -2.15. The Labute approximate surface area is 152 Å². The van der Waals surface area contributed by atoms with Crippen LogP contribution in [-0.2, 0) is 6.18 Å². The third-order valence-corrected chi connectivity index (χ3v) is 3.55. The second kappa shape index (κ2) is 7.48. The van der Waals surface area contributed by atoms with Gasteiger partial charge in [0.05, 0.1) is 7.11 Å². The molecule has 0 saturated heterocycles. The molecule has 1 heterocycles. The number of benzene rings is 2. The van der Waals surface area contributed by atoms with E-state index in [9.17, 15) is 17.6 Å². The van der Waals surface area contributed by atoms with E-state index in [1.165, 1.54) is 19.2 Å². The third kappa shape index (κ3) is 4.63. The number of hydrogen-bond acceptors (Lipinski definition) is 5. The van der Waals surface area contributed by atoms with Crippen molar-refractivity contribution in [3.8, 4) is 5.75 Å². The van der Waals surface area contributed by atoms with Crippen molar-refractivity contribution < 1.29 is 22.3 Å². The van der Waals surface area contributed by atoms with Gasteiger partial charge in [-0.05, 0) is 48.5 Å². The molecule has 0 bridgehead atoms. The highest BCUT2D eigenvalue weighted by Crippen LogP contribution is 2.35. The molecule has 0 unspecified atom stereocenters. The Morgan fingerprint density at radius 1 is 0.889 bits per heavy atom. The first kappa shape index (κ1) is 18.4. The fourth-order valence-corrected chi connectivity index (χ4v) is 2.22. The van der Waals surface area contributed by atoms with Gasteiger partial charge in [-0.25, -0.2) is 9.37 Å². The number of methoxy groups -OCH3 is 1. The zero-order chi connectivity index (χ0) is 19.4. The fraction of sp³-hybridized carbons (Fsp3) is 0.111. The van der Waals surface area contributed by atoms with E-state index in [0.29, 0.717) is 17.6 Å². The first-order valence-corrected chi connectivity index (χ1v) is 7.73. The van der Waals surface area contributed by atoms with E-state index in [-0.39, 0.29) is 11.6 Å². The maximum absolute atomic E-state index is 13.2. The first-order valence-electron chi connectivity index (χ1n) is 7.73. The molecule has 5 nitrogen and oxygen atoms in total. The molecule has 0 fully saturated rings. The van der Waals surface area contributed by atoms with E-state index in [1.54, 1.807) is 24.3 Å². The molecule has 0 aliphatic heterocycles. The van der Waals surface area contributed by atoms with Gasteiger partial charge in [-0.1, -0.05) is 0 Å². The number of nitrogens with one attached hydrogen (secondary N) is 2. The van der Waals surface area contributed by atoms with Gasteiger partial charge in [0.1, 0.15) is 22.9 Å². The normalized spacial score (nSPS) is 11.1. The van der Waals surface area contributed by atoms with Gasteiger partial charge in [-0.2, -0.15) is 18.2 Å². The molecule has 3 aromatic rings. The first-order chi connectivity index (χ1) is 12.8. The molecule has 0 aliphatic rings. The minimum atomic E-state index is -4.65. The highest BCUT2D eigenvalue weighted by molar-refractivity contribution is 5.63. The smallest absolute Gasteiger partial charge is 0.421 e. The van der Waals surface area contributed by atoms with E-state index >= 15 is 0 Å². The van der Waals surface area contributed by atoms with Crippen LogP contribution in [0.1, 0.15) is 5.56 Å². The number of hydrogen-bond donors (Lipinski definition) is 2. The molecule has 0 saturated carbocycles. The van der Waals surface area contributed by atoms with Gasteiger partial charge in [0.15, 0.2) is 0 Å². The number of ether oxygens (including phenoxy) is 1. The van der Waals surface area contributed by atoms with Gasteiger partial charge in [0.2, 0.25) is 5.95 Å². The van der Waals surface area contributed by atoms with Crippen molar-refractivity contribution >= 4 is 23.1 Å². The minimum Gasteiger partial charge on any atom is -0.497 e. The Kier molecular flexibility index (Phi) is 5.11. The van der Waals surface area contributed by atoms with Crippen molar-refractivity contribution in [2.24, 2.45) is 0 Å². The lowest BCUT2D eigenvalue weighted by Crippen LogP contribution is -2.12. The van der Waals surface area contributed by atoms with Crippen LogP contribution in [0.15, 0.2) is 54.7 Å². The summed E-state index contributed by atoms with van der Waals surface area (Å²) >= 11 is 0. The molecule has 2 N–H and O–H groups in total. The Morgan fingerprint density at radius 3 is 2.07 bits per heavy atom. The van der Waals surface area contributed by atoms with Crippen molar-refractivity contribution in [2.75, 3.05) is 17.7 Å². The summed E-state index contributed by atoms with van der Waals surface area (Å²) < 4.78 is 57.8. The Bertz CT molecular complexity index is 912. The van der Waals surface area contributed by atoms with Crippen LogP contribution >= 0.6 is 0 Å². The van der Waals surface area contributed by atoms with Gasteiger partial charge >= 0.3 is 6.18 Å². The predicted octanol–water partition coefficient (Wildman–Crippen LogP) is 5.13. The SMILES string of the molecule is COc1ccc(Nc2ncc(C(F)(F)F)c(Nc3ccc(F)cc3)n2)cc1. The molecule has 9 heteroatoms. The maximum atomic E-state index is 13.2. The zero-order valence-corrected chi connectivity index (χ0v) is 14.0. The summed E-state index contributed by atoms with van der Waals surface area (Å²) in [6, 6.07) is 11.6. The summed E-state index contributed by atoms with van der Waals surface area (Å²) in [5, 5.41) is 5.38. The van der Waals surface area contributed by atoms with Crippen LogP contribution in [0, 0.1) is 5.82 Å². The zero-order valence-electron chi connectivity index (χ0n) is 14.0. The second-order valence-electron chi connectivity index (χ2n) is 5.44. The van der Waals surface area contributed by atoms with E-state index in [4.69, 9.17) is 4.74 Å². The molecule has 2 aromatic carbocycles. The van der Waals surface area contributed by atoms with Crippen molar-refractivity contribution in [1.82, 2.24) is 9.97 Å². The van der Waals surface area contributed by atoms with Crippen LogP contribution in [0.2, 0.25) is 0 Å². The molecular formula is C18H14F4N4O. The number of alkyl halides is 3. The average molecular weight is 378 g/mol.